The monoisotopic (exact) mass is 206 g/mol. The molecule has 2 rings (SSSR count). The zero-order valence-electron chi connectivity index (χ0n) is 8.15. The van der Waals surface area contributed by atoms with Crippen molar-refractivity contribution in [1.29, 1.82) is 5.26 Å². The van der Waals surface area contributed by atoms with E-state index < -0.39 is 0 Å². The van der Waals surface area contributed by atoms with E-state index in [1.807, 2.05) is 0 Å². The number of thiophene rings is 1. The molecule has 1 saturated heterocycles. The van der Waals surface area contributed by atoms with E-state index >= 15 is 0 Å². The minimum absolute atomic E-state index is 0.176. The molecule has 1 aromatic rings. The Kier molecular flexibility index (Phi) is 3.18. The Morgan fingerprint density at radius 3 is 3.29 bits per heavy atom. The van der Waals surface area contributed by atoms with Crippen molar-refractivity contribution < 1.29 is 0 Å². The average Bonchev–Trinajstić information content (AvgIpc) is 2.85. The maximum atomic E-state index is 8.90. The molecule has 0 aromatic carbocycles. The molecule has 0 saturated carbocycles. The second-order valence-corrected chi connectivity index (χ2v) is 4.68. The Hall–Kier alpha value is -0.850. The van der Waals surface area contributed by atoms with E-state index in [9.17, 15) is 0 Å². The number of rotatable bonds is 3. The Balaban J connectivity index is 1.83. The minimum atomic E-state index is 0.176. The molecule has 2 nitrogen and oxygen atoms in total. The summed E-state index contributed by atoms with van der Waals surface area (Å²) < 4.78 is 0. The van der Waals surface area contributed by atoms with Crippen molar-refractivity contribution in [3.8, 4) is 6.07 Å². The number of likely N-dealkylation sites (tertiary alicyclic amines) is 1. The van der Waals surface area contributed by atoms with Crippen molar-refractivity contribution in [2.24, 2.45) is 0 Å². The summed E-state index contributed by atoms with van der Waals surface area (Å²) in [6.45, 7) is 2.14. The molecule has 74 valence electrons. The van der Waals surface area contributed by atoms with E-state index in [1.165, 1.54) is 11.3 Å². The molecular weight excluding hydrogens is 192 g/mol. The lowest BCUT2D eigenvalue weighted by Crippen LogP contribution is -2.29. The predicted octanol–water partition coefficient (Wildman–Crippen LogP) is 2.28. The highest BCUT2D eigenvalue weighted by molar-refractivity contribution is 7.09. The van der Waals surface area contributed by atoms with E-state index in [4.69, 9.17) is 5.26 Å². The summed E-state index contributed by atoms with van der Waals surface area (Å²) in [5, 5.41) is 11.0. The first-order chi connectivity index (χ1) is 6.90. The molecule has 1 fully saturated rings. The van der Waals surface area contributed by atoms with E-state index in [-0.39, 0.29) is 6.04 Å². The minimum Gasteiger partial charge on any atom is -0.288 e. The smallest absolute Gasteiger partial charge is 0.0978 e. The highest BCUT2D eigenvalue weighted by atomic mass is 32.1. The zero-order chi connectivity index (χ0) is 9.80. The summed E-state index contributed by atoms with van der Waals surface area (Å²) in [6, 6.07) is 6.81. The number of nitrogens with zero attached hydrogens (tertiary/aromatic N) is 2. The van der Waals surface area contributed by atoms with Gasteiger partial charge in [0.15, 0.2) is 0 Å². The second kappa shape index (κ2) is 4.59. The molecule has 0 bridgehead atoms. The van der Waals surface area contributed by atoms with E-state index in [1.54, 1.807) is 11.3 Å². The zero-order valence-corrected chi connectivity index (χ0v) is 8.96. The second-order valence-electron chi connectivity index (χ2n) is 3.65. The Morgan fingerprint density at radius 1 is 1.64 bits per heavy atom. The van der Waals surface area contributed by atoms with Gasteiger partial charge in [0, 0.05) is 11.4 Å². The van der Waals surface area contributed by atoms with Gasteiger partial charge < -0.3 is 0 Å². The molecule has 2 heterocycles. The van der Waals surface area contributed by atoms with Crippen molar-refractivity contribution in [3.63, 3.8) is 0 Å². The fourth-order valence-corrected chi connectivity index (χ4v) is 2.65. The number of nitriles is 1. The summed E-state index contributed by atoms with van der Waals surface area (Å²) in [7, 11) is 0. The average molecular weight is 206 g/mol. The third-order valence-electron chi connectivity index (χ3n) is 2.74. The lowest BCUT2D eigenvalue weighted by molar-refractivity contribution is 0.299. The van der Waals surface area contributed by atoms with Gasteiger partial charge in [-0.25, -0.2) is 0 Å². The van der Waals surface area contributed by atoms with Gasteiger partial charge in [0.05, 0.1) is 12.1 Å². The first-order valence-corrected chi connectivity index (χ1v) is 5.94. The summed E-state index contributed by atoms with van der Waals surface area (Å²) in [5.41, 5.74) is 0. The highest BCUT2D eigenvalue weighted by Crippen LogP contribution is 2.17. The van der Waals surface area contributed by atoms with Gasteiger partial charge in [0.2, 0.25) is 0 Å². The normalized spacial score (nSPS) is 22.4. The molecule has 1 unspecified atom stereocenters. The molecule has 0 radical (unpaired) electrons. The molecule has 0 N–H and O–H groups in total. The first-order valence-electron chi connectivity index (χ1n) is 5.06. The lowest BCUT2D eigenvalue weighted by Gasteiger charge is -2.17. The van der Waals surface area contributed by atoms with Gasteiger partial charge in [-0.2, -0.15) is 5.26 Å². The summed E-state index contributed by atoms with van der Waals surface area (Å²) in [5.74, 6) is 0. The standard InChI is InChI=1S/C11H14N2S/c12-9-10-3-1-6-13(10)7-5-11-4-2-8-14-11/h2,4,8,10H,1,3,5-7H2. The molecule has 1 atom stereocenters. The van der Waals surface area contributed by atoms with Gasteiger partial charge in [0.25, 0.3) is 0 Å². The van der Waals surface area contributed by atoms with Crippen LogP contribution < -0.4 is 0 Å². The Morgan fingerprint density at radius 2 is 2.57 bits per heavy atom. The van der Waals surface area contributed by atoms with Crippen LogP contribution in [0.3, 0.4) is 0 Å². The predicted molar refractivity (Wildman–Crippen MR) is 58.2 cm³/mol. The maximum absolute atomic E-state index is 8.90. The SMILES string of the molecule is N#CC1CCCN1CCc1cccs1. The van der Waals surface area contributed by atoms with Crippen molar-refractivity contribution >= 4 is 11.3 Å². The quantitative estimate of drug-likeness (QED) is 0.758. The van der Waals surface area contributed by atoms with Crippen LogP contribution in [0.4, 0.5) is 0 Å². The van der Waals surface area contributed by atoms with E-state index in [0.29, 0.717) is 0 Å². The van der Waals surface area contributed by atoms with Crippen LogP contribution in [0.2, 0.25) is 0 Å². The van der Waals surface area contributed by atoms with E-state index in [2.05, 4.69) is 28.5 Å². The molecule has 0 spiro atoms. The van der Waals surface area contributed by atoms with Gasteiger partial charge in [-0.1, -0.05) is 6.07 Å². The molecule has 14 heavy (non-hydrogen) atoms. The van der Waals surface area contributed by atoms with E-state index in [0.717, 1.165) is 25.9 Å². The maximum Gasteiger partial charge on any atom is 0.0978 e. The summed E-state index contributed by atoms with van der Waals surface area (Å²) in [6.07, 6.45) is 3.33. The van der Waals surface area contributed by atoms with Gasteiger partial charge >= 0.3 is 0 Å². The number of hydrogen-bond donors (Lipinski definition) is 0. The van der Waals surface area contributed by atoms with Gasteiger partial charge in [-0.05, 0) is 37.3 Å². The Labute approximate surface area is 88.8 Å². The molecule has 1 aliphatic rings. The molecule has 1 aromatic heterocycles. The third-order valence-corrected chi connectivity index (χ3v) is 3.67. The van der Waals surface area contributed by atoms with Crippen molar-refractivity contribution in [2.75, 3.05) is 13.1 Å². The fourth-order valence-electron chi connectivity index (χ4n) is 1.95. The van der Waals surface area contributed by atoms with Gasteiger partial charge in [-0.3, -0.25) is 4.90 Å². The van der Waals surface area contributed by atoms with Crippen molar-refractivity contribution in [2.45, 2.75) is 25.3 Å². The van der Waals surface area contributed by atoms with Crippen LogP contribution in [0, 0.1) is 11.3 Å². The summed E-state index contributed by atoms with van der Waals surface area (Å²) >= 11 is 1.81. The van der Waals surface area contributed by atoms with Crippen LogP contribution in [-0.2, 0) is 6.42 Å². The van der Waals surface area contributed by atoms with Crippen LogP contribution in [0.15, 0.2) is 17.5 Å². The van der Waals surface area contributed by atoms with Gasteiger partial charge in [-0.15, -0.1) is 11.3 Å². The molecule has 0 amide bonds. The topological polar surface area (TPSA) is 27.0 Å². The summed E-state index contributed by atoms with van der Waals surface area (Å²) in [4.78, 5) is 3.73. The highest BCUT2D eigenvalue weighted by Gasteiger charge is 2.23. The van der Waals surface area contributed by atoms with Crippen LogP contribution in [0.1, 0.15) is 17.7 Å². The number of hydrogen-bond acceptors (Lipinski definition) is 3. The van der Waals surface area contributed by atoms with Crippen molar-refractivity contribution in [3.05, 3.63) is 22.4 Å². The van der Waals surface area contributed by atoms with Gasteiger partial charge in [0.1, 0.15) is 0 Å². The fraction of sp³-hybridized carbons (Fsp3) is 0.545. The molecule has 0 aliphatic carbocycles. The first kappa shape index (κ1) is 9.70. The van der Waals surface area contributed by atoms with Crippen LogP contribution >= 0.6 is 11.3 Å². The lowest BCUT2D eigenvalue weighted by atomic mass is 10.2. The van der Waals surface area contributed by atoms with Crippen LogP contribution in [0.25, 0.3) is 0 Å². The van der Waals surface area contributed by atoms with Crippen LogP contribution in [-0.4, -0.2) is 24.0 Å². The molecule has 1 aliphatic heterocycles. The van der Waals surface area contributed by atoms with Crippen molar-refractivity contribution in [1.82, 2.24) is 4.90 Å². The molecular formula is C11H14N2S. The van der Waals surface area contributed by atoms with Crippen LogP contribution in [0.5, 0.6) is 0 Å². The third kappa shape index (κ3) is 2.14. The largest absolute Gasteiger partial charge is 0.288 e. The molecule has 3 heteroatoms. The Bertz CT molecular complexity index is 313.